The molecule has 1 aromatic heterocycles. The molecule has 84 valence electrons. The Labute approximate surface area is 97.4 Å². The Morgan fingerprint density at radius 1 is 1.56 bits per heavy atom. The number of hydrogen-bond acceptors (Lipinski definition) is 2. The molecular formula is C11H11ClN2O2. The van der Waals surface area contributed by atoms with E-state index in [1.807, 2.05) is 13.0 Å². The molecule has 0 saturated carbocycles. The number of benzene rings is 1. The van der Waals surface area contributed by atoms with Crippen LogP contribution in [0.25, 0.3) is 10.9 Å². The third-order valence-electron chi connectivity index (χ3n) is 2.44. The second-order valence-corrected chi connectivity index (χ2v) is 4.05. The highest BCUT2D eigenvalue weighted by Crippen LogP contribution is 2.22. The van der Waals surface area contributed by atoms with Gasteiger partial charge in [-0.05, 0) is 25.1 Å². The molecule has 0 unspecified atom stereocenters. The first-order valence-corrected chi connectivity index (χ1v) is 5.30. The maximum absolute atomic E-state index is 10.5. The van der Waals surface area contributed by atoms with Crippen molar-refractivity contribution < 1.29 is 9.90 Å². The Kier molecular flexibility index (Phi) is 2.83. The van der Waals surface area contributed by atoms with Crippen molar-refractivity contribution in [3.8, 4) is 0 Å². The predicted octanol–water partition coefficient (Wildman–Crippen LogP) is 2.47. The van der Waals surface area contributed by atoms with Gasteiger partial charge in [-0.25, -0.2) is 0 Å². The summed E-state index contributed by atoms with van der Waals surface area (Å²) in [7, 11) is 0. The van der Waals surface area contributed by atoms with Gasteiger partial charge >= 0.3 is 5.97 Å². The number of carbonyl (C=O) groups is 1. The molecule has 0 saturated heterocycles. The number of carboxylic acids is 1. The molecule has 0 aliphatic carbocycles. The number of hydrogen-bond donors (Lipinski definition) is 1. The fourth-order valence-corrected chi connectivity index (χ4v) is 1.85. The normalized spacial score (nSPS) is 10.9. The summed E-state index contributed by atoms with van der Waals surface area (Å²) in [6.07, 6.45) is 0.0583. The van der Waals surface area contributed by atoms with Crippen LogP contribution in [0.1, 0.15) is 12.1 Å². The number of aliphatic carboxylic acids is 1. The van der Waals surface area contributed by atoms with Gasteiger partial charge < -0.3 is 5.11 Å². The van der Waals surface area contributed by atoms with Crippen LogP contribution in [-0.4, -0.2) is 20.9 Å². The Balaban J connectivity index is 2.44. The van der Waals surface area contributed by atoms with E-state index in [0.29, 0.717) is 11.6 Å². The molecule has 0 bridgehead atoms. The Morgan fingerprint density at radius 2 is 2.31 bits per heavy atom. The van der Waals surface area contributed by atoms with Crippen LogP contribution < -0.4 is 0 Å². The minimum absolute atomic E-state index is 0.0583. The van der Waals surface area contributed by atoms with Crippen molar-refractivity contribution in [1.29, 1.82) is 0 Å². The van der Waals surface area contributed by atoms with Gasteiger partial charge in [0, 0.05) is 10.4 Å². The molecule has 0 atom stereocenters. The van der Waals surface area contributed by atoms with Crippen LogP contribution in [0, 0.1) is 6.92 Å². The van der Waals surface area contributed by atoms with Crippen LogP contribution in [0.5, 0.6) is 0 Å². The van der Waals surface area contributed by atoms with Crippen LogP contribution in [0.2, 0.25) is 5.02 Å². The Bertz CT molecular complexity index is 548. The lowest BCUT2D eigenvalue weighted by Crippen LogP contribution is -2.05. The van der Waals surface area contributed by atoms with Gasteiger partial charge in [-0.1, -0.05) is 11.6 Å². The molecule has 5 heteroatoms. The van der Waals surface area contributed by atoms with Crippen molar-refractivity contribution in [2.75, 3.05) is 0 Å². The van der Waals surface area contributed by atoms with Crippen molar-refractivity contribution >= 4 is 28.5 Å². The van der Waals surface area contributed by atoms with Gasteiger partial charge in [0.25, 0.3) is 0 Å². The Hall–Kier alpha value is -1.55. The monoisotopic (exact) mass is 238 g/mol. The zero-order valence-corrected chi connectivity index (χ0v) is 9.53. The van der Waals surface area contributed by atoms with Crippen molar-refractivity contribution in [2.45, 2.75) is 19.9 Å². The fraction of sp³-hybridized carbons (Fsp3) is 0.273. The number of aromatic nitrogens is 2. The summed E-state index contributed by atoms with van der Waals surface area (Å²) in [5, 5.41) is 14.6. The Morgan fingerprint density at radius 3 is 3.00 bits per heavy atom. The largest absolute Gasteiger partial charge is 0.481 e. The molecule has 1 N–H and O–H groups in total. The van der Waals surface area contributed by atoms with Gasteiger partial charge in [0.15, 0.2) is 0 Å². The molecule has 16 heavy (non-hydrogen) atoms. The van der Waals surface area contributed by atoms with Crippen molar-refractivity contribution in [3.05, 3.63) is 28.9 Å². The van der Waals surface area contributed by atoms with E-state index in [2.05, 4.69) is 5.10 Å². The van der Waals surface area contributed by atoms with Crippen molar-refractivity contribution in [1.82, 2.24) is 9.78 Å². The first-order chi connectivity index (χ1) is 7.58. The van der Waals surface area contributed by atoms with Crippen LogP contribution in [0.4, 0.5) is 0 Å². The quantitative estimate of drug-likeness (QED) is 0.894. The SMILES string of the molecule is Cc1nn(CCC(=O)O)c2cc(Cl)ccc12. The van der Waals surface area contributed by atoms with E-state index in [-0.39, 0.29) is 6.42 Å². The summed E-state index contributed by atoms with van der Waals surface area (Å²) in [6.45, 7) is 2.26. The van der Waals surface area contributed by atoms with Crippen LogP contribution in [0.3, 0.4) is 0 Å². The molecule has 1 heterocycles. The summed E-state index contributed by atoms with van der Waals surface area (Å²) in [5.74, 6) is -0.830. The molecule has 0 aliphatic heterocycles. The lowest BCUT2D eigenvalue weighted by molar-refractivity contribution is -0.137. The fourth-order valence-electron chi connectivity index (χ4n) is 1.69. The number of carboxylic acid groups (broad SMARTS) is 1. The van der Waals surface area contributed by atoms with Gasteiger partial charge in [0.05, 0.1) is 24.2 Å². The van der Waals surface area contributed by atoms with Crippen molar-refractivity contribution in [2.24, 2.45) is 0 Å². The molecule has 4 nitrogen and oxygen atoms in total. The highest BCUT2D eigenvalue weighted by Gasteiger charge is 2.08. The summed E-state index contributed by atoms with van der Waals surface area (Å²) < 4.78 is 1.69. The number of nitrogens with zero attached hydrogens (tertiary/aromatic N) is 2. The first-order valence-electron chi connectivity index (χ1n) is 4.92. The summed E-state index contributed by atoms with van der Waals surface area (Å²) >= 11 is 5.91. The van der Waals surface area contributed by atoms with E-state index in [9.17, 15) is 4.79 Å². The summed E-state index contributed by atoms with van der Waals surface area (Å²) in [5.41, 5.74) is 1.77. The molecule has 0 aliphatic rings. The minimum Gasteiger partial charge on any atom is -0.481 e. The van der Waals surface area contributed by atoms with Crippen LogP contribution in [-0.2, 0) is 11.3 Å². The van der Waals surface area contributed by atoms with E-state index in [1.54, 1.807) is 16.8 Å². The summed E-state index contributed by atoms with van der Waals surface area (Å²) in [4.78, 5) is 10.5. The van der Waals surface area contributed by atoms with E-state index in [0.717, 1.165) is 16.6 Å². The molecule has 0 spiro atoms. The van der Waals surface area contributed by atoms with Gasteiger partial charge in [-0.15, -0.1) is 0 Å². The van der Waals surface area contributed by atoms with E-state index < -0.39 is 5.97 Å². The van der Waals surface area contributed by atoms with Crippen LogP contribution >= 0.6 is 11.6 Å². The molecule has 1 aromatic carbocycles. The zero-order valence-electron chi connectivity index (χ0n) is 8.77. The van der Waals surface area contributed by atoms with Gasteiger partial charge in [0.1, 0.15) is 0 Å². The lowest BCUT2D eigenvalue weighted by atomic mass is 10.2. The van der Waals surface area contributed by atoms with Gasteiger partial charge in [-0.3, -0.25) is 9.48 Å². The molecule has 0 amide bonds. The first kappa shape index (κ1) is 11.0. The smallest absolute Gasteiger partial charge is 0.305 e. The second-order valence-electron chi connectivity index (χ2n) is 3.61. The second kappa shape index (κ2) is 4.14. The third kappa shape index (κ3) is 2.02. The highest BCUT2D eigenvalue weighted by atomic mass is 35.5. The minimum atomic E-state index is -0.830. The average molecular weight is 239 g/mol. The van der Waals surface area contributed by atoms with E-state index in [4.69, 9.17) is 16.7 Å². The third-order valence-corrected chi connectivity index (χ3v) is 2.67. The molecular weight excluding hydrogens is 228 g/mol. The molecule has 0 fully saturated rings. The lowest BCUT2D eigenvalue weighted by Gasteiger charge is -2.00. The average Bonchev–Trinajstić information content (AvgIpc) is 2.52. The van der Waals surface area contributed by atoms with Crippen LogP contribution in [0.15, 0.2) is 18.2 Å². The molecule has 2 aromatic rings. The number of rotatable bonds is 3. The number of halogens is 1. The molecule has 0 radical (unpaired) electrons. The standard InChI is InChI=1S/C11H11ClN2O2/c1-7-9-3-2-8(12)6-10(9)14(13-7)5-4-11(15)16/h2-3,6H,4-5H2,1H3,(H,15,16). The highest BCUT2D eigenvalue weighted by molar-refractivity contribution is 6.31. The zero-order chi connectivity index (χ0) is 11.7. The number of aryl methyl sites for hydroxylation is 2. The van der Waals surface area contributed by atoms with E-state index in [1.165, 1.54) is 0 Å². The summed E-state index contributed by atoms with van der Waals surface area (Å²) in [6, 6.07) is 5.51. The van der Waals surface area contributed by atoms with Gasteiger partial charge in [-0.2, -0.15) is 5.10 Å². The maximum atomic E-state index is 10.5. The molecule has 2 rings (SSSR count). The predicted molar refractivity (Wildman–Crippen MR) is 61.7 cm³/mol. The van der Waals surface area contributed by atoms with Crippen molar-refractivity contribution in [3.63, 3.8) is 0 Å². The van der Waals surface area contributed by atoms with E-state index >= 15 is 0 Å². The number of fused-ring (bicyclic) bond motifs is 1. The maximum Gasteiger partial charge on any atom is 0.305 e. The van der Waals surface area contributed by atoms with Gasteiger partial charge in [0.2, 0.25) is 0 Å². The topological polar surface area (TPSA) is 55.1 Å².